The van der Waals surface area contributed by atoms with E-state index in [2.05, 4.69) is 27.3 Å². The molecular formula is C15H13BrFNO. The lowest BCUT2D eigenvalue weighted by Crippen LogP contribution is -2.01. The molecule has 2 nitrogen and oxygen atoms in total. The van der Waals surface area contributed by atoms with Crippen molar-refractivity contribution in [3.05, 3.63) is 57.8 Å². The normalized spacial score (nSPS) is 12.9. The largest absolute Gasteiger partial charge is 0.493 e. The van der Waals surface area contributed by atoms with E-state index in [0.717, 1.165) is 28.8 Å². The van der Waals surface area contributed by atoms with Crippen LogP contribution in [0.2, 0.25) is 0 Å². The van der Waals surface area contributed by atoms with Crippen molar-refractivity contribution in [1.29, 1.82) is 0 Å². The zero-order valence-corrected chi connectivity index (χ0v) is 11.8. The van der Waals surface area contributed by atoms with Crippen molar-refractivity contribution < 1.29 is 9.13 Å². The second-order valence-corrected chi connectivity index (χ2v) is 5.43. The Balaban J connectivity index is 1.72. The van der Waals surface area contributed by atoms with Gasteiger partial charge in [0.2, 0.25) is 0 Å². The molecule has 1 N–H and O–H groups in total. The van der Waals surface area contributed by atoms with E-state index in [-0.39, 0.29) is 5.82 Å². The maximum Gasteiger partial charge on any atom is 0.147 e. The smallest absolute Gasteiger partial charge is 0.147 e. The first-order valence-corrected chi connectivity index (χ1v) is 6.95. The van der Waals surface area contributed by atoms with Crippen LogP contribution in [0.15, 0.2) is 40.9 Å². The van der Waals surface area contributed by atoms with E-state index in [1.807, 2.05) is 18.2 Å². The molecule has 0 fully saturated rings. The third-order valence-corrected chi connectivity index (χ3v) is 3.66. The van der Waals surface area contributed by atoms with Gasteiger partial charge in [-0.05, 0) is 35.4 Å². The summed E-state index contributed by atoms with van der Waals surface area (Å²) in [5, 5.41) is 3.11. The summed E-state index contributed by atoms with van der Waals surface area (Å²) in [6, 6.07) is 11.1. The molecule has 19 heavy (non-hydrogen) atoms. The summed E-state index contributed by atoms with van der Waals surface area (Å²) in [5.74, 6) is 0.720. The quantitative estimate of drug-likeness (QED) is 0.917. The molecule has 0 atom stereocenters. The summed E-state index contributed by atoms with van der Waals surface area (Å²) in [6.45, 7) is 1.36. The van der Waals surface area contributed by atoms with Crippen molar-refractivity contribution in [2.45, 2.75) is 13.0 Å². The molecule has 0 spiro atoms. The Kier molecular flexibility index (Phi) is 3.42. The van der Waals surface area contributed by atoms with Crippen LogP contribution in [0.3, 0.4) is 0 Å². The standard InChI is InChI=1S/C15H13BrFNO/c16-12-2-3-14(13(17)8-12)18-9-10-1-4-15-11(7-10)5-6-19-15/h1-4,7-8,18H,5-6,9H2. The van der Waals surface area contributed by atoms with Crippen LogP contribution in [-0.4, -0.2) is 6.61 Å². The van der Waals surface area contributed by atoms with Gasteiger partial charge in [-0.15, -0.1) is 0 Å². The van der Waals surface area contributed by atoms with E-state index in [1.165, 1.54) is 11.6 Å². The molecule has 2 aromatic carbocycles. The first kappa shape index (κ1) is 12.5. The SMILES string of the molecule is Fc1cc(Br)ccc1NCc1ccc2c(c1)CCO2. The van der Waals surface area contributed by atoms with Gasteiger partial charge in [0.15, 0.2) is 0 Å². The number of rotatable bonds is 3. The molecule has 0 amide bonds. The van der Waals surface area contributed by atoms with E-state index in [1.54, 1.807) is 6.07 Å². The average molecular weight is 322 g/mol. The van der Waals surface area contributed by atoms with Crippen molar-refractivity contribution in [3.63, 3.8) is 0 Å². The van der Waals surface area contributed by atoms with E-state index in [9.17, 15) is 4.39 Å². The molecule has 4 heteroatoms. The molecule has 0 unspecified atom stereocenters. The fraction of sp³-hybridized carbons (Fsp3) is 0.200. The third kappa shape index (κ3) is 2.73. The minimum Gasteiger partial charge on any atom is -0.493 e. The number of fused-ring (bicyclic) bond motifs is 1. The molecule has 98 valence electrons. The number of hydrogen-bond acceptors (Lipinski definition) is 2. The van der Waals surface area contributed by atoms with E-state index in [4.69, 9.17) is 4.74 Å². The highest BCUT2D eigenvalue weighted by atomic mass is 79.9. The second kappa shape index (κ2) is 5.21. The molecule has 1 aliphatic rings. The minimum atomic E-state index is -0.251. The van der Waals surface area contributed by atoms with Crippen LogP contribution in [0.5, 0.6) is 5.75 Å². The van der Waals surface area contributed by atoms with Crippen LogP contribution in [0.4, 0.5) is 10.1 Å². The molecule has 3 rings (SSSR count). The summed E-state index contributed by atoms with van der Waals surface area (Å²) < 4.78 is 19.9. The number of benzene rings is 2. The highest BCUT2D eigenvalue weighted by Gasteiger charge is 2.12. The molecule has 0 aliphatic carbocycles. The van der Waals surface area contributed by atoms with Gasteiger partial charge >= 0.3 is 0 Å². The molecule has 0 saturated heterocycles. The van der Waals surface area contributed by atoms with Crippen molar-refractivity contribution in [1.82, 2.24) is 0 Å². The van der Waals surface area contributed by atoms with Crippen LogP contribution >= 0.6 is 15.9 Å². The van der Waals surface area contributed by atoms with Crippen LogP contribution in [0.25, 0.3) is 0 Å². The van der Waals surface area contributed by atoms with Crippen LogP contribution < -0.4 is 10.1 Å². The number of halogens is 2. The second-order valence-electron chi connectivity index (χ2n) is 4.52. The third-order valence-electron chi connectivity index (χ3n) is 3.17. The molecule has 2 aromatic rings. The lowest BCUT2D eigenvalue weighted by atomic mass is 10.1. The predicted octanol–water partition coefficient (Wildman–Crippen LogP) is 4.14. The van der Waals surface area contributed by atoms with Crippen molar-refractivity contribution in [2.75, 3.05) is 11.9 Å². The molecule has 0 bridgehead atoms. The summed E-state index contributed by atoms with van der Waals surface area (Å²) in [6.07, 6.45) is 0.954. The average Bonchev–Trinajstić information content (AvgIpc) is 2.85. The fourth-order valence-corrected chi connectivity index (χ4v) is 2.51. The van der Waals surface area contributed by atoms with Crippen molar-refractivity contribution >= 4 is 21.6 Å². The van der Waals surface area contributed by atoms with Crippen LogP contribution in [-0.2, 0) is 13.0 Å². The Morgan fingerprint density at radius 3 is 2.95 bits per heavy atom. The molecule has 0 radical (unpaired) electrons. The van der Waals surface area contributed by atoms with Gasteiger partial charge < -0.3 is 10.1 Å². The zero-order valence-electron chi connectivity index (χ0n) is 10.2. The molecule has 0 aromatic heterocycles. The highest BCUT2D eigenvalue weighted by Crippen LogP contribution is 2.26. The lowest BCUT2D eigenvalue weighted by Gasteiger charge is -2.09. The van der Waals surface area contributed by atoms with Crippen molar-refractivity contribution in [2.24, 2.45) is 0 Å². The molecular weight excluding hydrogens is 309 g/mol. The Morgan fingerprint density at radius 2 is 2.11 bits per heavy atom. The van der Waals surface area contributed by atoms with E-state index < -0.39 is 0 Å². The van der Waals surface area contributed by atoms with Gasteiger partial charge in [-0.2, -0.15) is 0 Å². The summed E-state index contributed by atoms with van der Waals surface area (Å²) in [7, 11) is 0. The lowest BCUT2D eigenvalue weighted by molar-refractivity contribution is 0.357. The highest BCUT2D eigenvalue weighted by molar-refractivity contribution is 9.10. The summed E-state index contributed by atoms with van der Waals surface area (Å²) in [5.41, 5.74) is 2.88. The van der Waals surface area contributed by atoms with Gasteiger partial charge in [0.1, 0.15) is 11.6 Å². The Hall–Kier alpha value is -1.55. The minimum absolute atomic E-state index is 0.251. The first-order chi connectivity index (χ1) is 9.22. The Morgan fingerprint density at radius 1 is 1.21 bits per heavy atom. The topological polar surface area (TPSA) is 21.3 Å². The van der Waals surface area contributed by atoms with Crippen LogP contribution in [0, 0.1) is 5.82 Å². The molecule has 1 heterocycles. The summed E-state index contributed by atoms with van der Waals surface area (Å²) in [4.78, 5) is 0. The van der Waals surface area contributed by atoms with Gasteiger partial charge in [0.05, 0.1) is 12.3 Å². The Bertz CT molecular complexity index is 615. The van der Waals surface area contributed by atoms with Gasteiger partial charge in [0.25, 0.3) is 0 Å². The molecule has 1 aliphatic heterocycles. The predicted molar refractivity (Wildman–Crippen MR) is 77.1 cm³/mol. The van der Waals surface area contributed by atoms with Gasteiger partial charge in [0, 0.05) is 17.4 Å². The van der Waals surface area contributed by atoms with Gasteiger partial charge in [-0.1, -0.05) is 28.1 Å². The maximum atomic E-state index is 13.7. The van der Waals surface area contributed by atoms with Gasteiger partial charge in [-0.25, -0.2) is 4.39 Å². The first-order valence-electron chi connectivity index (χ1n) is 6.16. The zero-order chi connectivity index (χ0) is 13.2. The fourth-order valence-electron chi connectivity index (χ4n) is 2.18. The Labute approximate surface area is 119 Å². The maximum absolute atomic E-state index is 13.7. The number of ether oxygens (including phenoxy) is 1. The number of hydrogen-bond donors (Lipinski definition) is 1. The van der Waals surface area contributed by atoms with Crippen molar-refractivity contribution in [3.8, 4) is 5.75 Å². The number of anilines is 1. The van der Waals surface area contributed by atoms with Gasteiger partial charge in [-0.3, -0.25) is 0 Å². The van der Waals surface area contributed by atoms with E-state index in [0.29, 0.717) is 12.2 Å². The molecule has 0 saturated carbocycles. The number of nitrogens with one attached hydrogen (secondary N) is 1. The monoisotopic (exact) mass is 321 g/mol. The summed E-state index contributed by atoms with van der Waals surface area (Å²) >= 11 is 3.24. The van der Waals surface area contributed by atoms with E-state index >= 15 is 0 Å². The van der Waals surface area contributed by atoms with Crippen LogP contribution in [0.1, 0.15) is 11.1 Å².